The molecule has 27 heavy (non-hydrogen) atoms. The van der Waals surface area contributed by atoms with Gasteiger partial charge < -0.3 is 0 Å². The number of rotatable bonds is 6. The van der Waals surface area contributed by atoms with Crippen LogP contribution in [-0.4, -0.2) is 21.3 Å². The molecule has 2 heterocycles. The summed E-state index contributed by atoms with van der Waals surface area (Å²) in [6.45, 7) is 2.36. The van der Waals surface area contributed by atoms with Crippen LogP contribution in [0.25, 0.3) is 5.57 Å². The highest BCUT2D eigenvalue weighted by Crippen LogP contribution is 2.64. The molecule has 0 saturated heterocycles. The van der Waals surface area contributed by atoms with Crippen molar-refractivity contribution in [1.82, 2.24) is 9.97 Å². The quantitative estimate of drug-likeness (QED) is 0.505. The van der Waals surface area contributed by atoms with E-state index in [4.69, 9.17) is 9.97 Å². The molecule has 2 aromatic rings. The Morgan fingerprint density at radius 1 is 0.815 bits per heavy atom. The van der Waals surface area contributed by atoms with Crippen molar-refractivity contribution in [2.24, 2.45) is 0 Å². The summed E-state index contributed by atoms with van der Waals surface area (Å²) in [6.07, 6.45) is 16.4. The summed E-state index contributed by atoms with van der Waals surface area (Å²) in [4.78, 5) is 9.54. The van der Waals surface area contributed by atoms with Crippen molar-refractivity contribution in [1.29, 1.82) is 0 Å². The number of hydrogen-bond acceptors (Lipinski definition) is 2. The van der Waals surface area contributed by atoms with E-state index in [9.17, 15) is 0 Å². The Kier molecular flexibility index (Phi) is 6.35. The normalized spacial score (nSPS) is 18.3. The molecule has 0 N–H and O–H groups in total. The molecule has 2 aliphatic carbocycles. The second kappa shape index (κ2) is 9.11. The lowest BCUT2D eigenvalue weighted by molar-refractivity contribution is 0.828. The minimum atomic E-state index is -0.113. The molecule has 142 valence electrons. The molecule has 2 saturated carbocycles. The van der Waals surface area contributed by atoms with Crippen LogP contribution < -0.4 is 0 Å². The predicted molar refractivity (Wildman–Crippen MR) is 116 cm³/mol. The zero-order valence-electron chi connectivity index (χ0n) is 16.5. The van der Waals surface area contributed by atoms with Crippen molar-refractivity contribution >= 4 is 13.5 Å². The molecule has 4 rings (SSSR count). The van der Waals surface area contributed by atoms with Gasteiger partial charge >= 0.3 is 0 Å². The summed E-state index contributed by atoms with van der Waals surface area (Å²) >= 11 is 0. The summed E-state index contributed by atoms with van der Waals surface area (Å²) in [6, 6.07) is 12.6. The molecule has 0 aliphatic heterocycles. The monoisotopic (exact) mass is 378 g/mol. The van der Waals surface area contributed by atoms with Gasteiger partial charge in [-0.05, 0) is 73.0 Å². The van der Waals surface area contributed by atoms with E-state index in [1.807, 2.05) is 24.5 Å². The van der Waals surface area contributed by atoms with Crippen LogP contribution in [0.4, 0.5) is 0 Å². The van der Waals surface area contributed by atoms with Gasteiger partial charge in [-0.3, -0.25) is 9.97 Å². The molecule has 0 spiro atoms. The van der Waals surface area contributed by atoms with E-state index in [0.717, 1.165) is 29.1 Å². The van der Waals surface area contributed by atoms with Crippen molar-refractivity contribution in [2.45, 2.75) is 76.0 Å². The zero-order chi connectivity index (χ0) is 18.5. The molecule has 0 amide bonds. The van der Waals surface area contributed by atoms with E-state index in [1.54, 1.807) is 5.31 Å². The van der Waals surface area contributed by atoms with Gasteiger partial charge in [0.25, 0.3) is 0 Å². The number of aromatic nitrogens is 2. The highest BCUT2D eigenvalue weighted by Gasteiger charge is 2.36. The smallest absolute Gasteiger partial charge is 0.0726 e. The molecule has 0 bridgehead atoms. The highest BCUT2D eigenvalue weighted by molar-refractivity contribution is 7.63. The fourth-order valence-electron chi connectivity index (χ4n) is 5.04. The second-order valence-corrected chi connectivity index (χ2v) is 10.7. The van der Waals surface area contributed by atoms with Gasteiger partial charge in [0, 0.05) is 18.0 Å². The van der Waals surface area contributed by atoms with E-state index in [1.165, 1.54) is 56.9 Å². The standard InChI is InChI=1S/C24H31N2P/c1-2-23(27(19-11-3-4-12-19)20-13-5-6-14-20)24(21-15-7-9-17-25-21)22-16-8-10-18-26-22/h7-10,15-20H,2-6,11-14H2,1H3. The fourth-order valence-corrected chi connectivity index (χ4v) is 9.21. The number of nitrogens with zero attached hydrogens (tertiary/aromatic N) is 2. The van der Waals surface area contributed by atoms with Crippen molar-refractivity contribution in [2.75, 3.05) is 0 Å². The van der Waals surface area contributed by atoms with Gasteiger partial charge in [0.2, 0.25) is 0 Å². The third-order valence-corrected chi connectivity index (χ3v) is 9.98. The van der Waals surface area contributed by atoms with E-state index < -0.39 is 0 Å². The summed E-state index contributed by atoms with van der Waals surface area (Å²) in [7, 11) is -0.113. The van der Waals surface area contributed by atoms with Crippen molar-refractivity contribution in [3.63, 3.8) is 0 Å². The Labute approximate surface area is 165 Å². The molecule has 0 unspecified atom stereocenters. The van der Waals surface area contributed by atoms with Crippen LogP contribution in [0.3, 0.4) is 0 Å². The largest absolute Gasteiger partial charge is 0.256 e. The molecule has 0 atom stereocenters. The molecule has 2 fully saturated rings. The predicted octanol–water partition coefficient (Wildman–Crippen LogP) is 7.01. The van der Waals surface area contributed by atoms with Crippen LogP contribution in [0, 0.1) is 0 Å². The molecule has 0 aromatic carbocycles. The van der Waals surface area contributed by atoms with Crippen molar-refractivity contribution in [3.05, 3.63) is 65.5 Å². The topological polar surface area (TPSA) is 25.8 Å². The number of pyridine rings is 2. The molecule has 2 nitrogen and oxygen atoms in total. The van der Waals surface area contributed by atoms with Gasteiger partial charge in [-0.15, -0.1) is 0 Å². The zero-order valence-corrected chi connectivity index (χ0v) is 17.4. The van der Waals surface area contributed by atoms with E-state index >= 15 is 0 Å². The minimum Gasteiger partial charge on any atom is -0.256 e. The third-order valence-electron chi connectivity index (χ3n) is 6.21. The molecule has 2 aromatic heterocycles. The van der Waals surface area contributed by atoms with Gasteiger partial charge in [0.15, 0.2) is 0 Å². The minimum absolute atomic E-state index is 0.113. The molecular weight excluding hydrogens is 347 g/mol. The van der Waals surface area contributed by atoms with Crippen LogP contribution in [-0.2, 0) is 0 Å². The summed E-state index contributed by atoms with van der Waals surface area (Å²) < 4.78 is 0. The Morgan fingerprint density at radius 3 is 1.67 bits per heavy atom. The maximum atomic E-state index is 4.77. The first-order chi connectivity index (χ1) is 13.4. The fraction of sp³-hybridized carbons (Fsp3) is 0.500. The highest BCUT2D eigenvalue weighted by atomic mass is 31.1. The first-order valence-corrected chi connectivity index (χ1v) is 12.2. The Bertz CT molecular complexity index is 687. The molecule has 0 radical (unpaired) electrons. The van der Waals surface area contributed by atoms with Gasteiger partial charge in [-0.25, -0.2) is 0 Å². The van der Waals surface area contributed by atoms with E-state index in [-0.39, 0.29) is 7.92 Å². The first-order valence-electron chi connectivity index (χ1n) is 10.7. The maximum Gasteiger partial charge on any atom is 0.0726 e. The van der Waals surface area contributed by atoms with Crippen molar-refractivity contribution < 1.29 is 0 Å². The lowest BCUT2D eigenvalue weighted by Gasteiger charge is -2.34. The Morgan fingerprint density at radius 2 is 1.30 bits per heavy atom. The lowest BCUT2D eigenvalue weighted by Crippen LogP contribution is -2.13. The Hall–Kier alpha value is -1.53. The van der Waals surface area contributed by atoms with Crippen LogP contribution >= 0.6 is 7.92 Å². The lowest BCUT2D eigenvalue weighted by atomic mass is 10.1. The summed E-state index contributed by atoms with van der Waals surface area (Å²) in [5, 5.41) is 1.68. The van der Waals surface area contributed by atoms with Crippen molar-refractivity contribution in [3.8, 4) is 0 Å². The molecule has 3 heteroatoms. The van der Waals surface area contributed by atoms with E-state index in [0.29, 0.717) is 0 Å². The van der Waals surface area contributed by atoms with Gasteiger partial charge in [0.1, 0.15) is 0 Å². The third kappa shape index (κ3) is 4.16. The van der Waals surface area contributed by atoms with Crippen LogP contribution in [0.2, 0.25) is 0 Å². The summed E-state index contributed by atoms with van der Waals surface area (Å²) in [5.74, 6) is 0. The number of hydrogen-bond donors (Lipinski definition) is 0. The van der Waals surface area contributed by atoms with Crippen LogP contribution in [0.5, 0.6) is 0 Å². The average molecular weight is 379 g/mol. The first kappa shape index (κ1) is 18.8. The molecule has 2 aliphatic rings. The average Bonchev–Trinajstić information content (AvgIpc) is 3.44. The Balaban J connectivity index is 1.87. The summed E-state index contributed by atoms with van der Waals surface area (Å²) in [5.41, 5.74) is 5.39. The molecular formula is C24H31N2P. The maximum absolute atomic E-state index is 4.77. The second-order valence-electron chi connectivity index (χ2n) is 7.89. The van der Waals surface area contributed by atoms with Gasteiger partial charge in [0.05, 0.1) is 11.4 Å². The SMILES string of the molecule is CCC(=C(c1ccccn1)c1ccccn1)P(C1CCCC1)C1CCCC1. The number of allylic oxidation sites excluding steroid dienone is 1. The van der Waals surface area contributed by atoms with Gasteiger partial charge in [-0.1, -0.05) is 52.7 Å². The van der Waals surface area contributed by atoms with E-state index in [2.05, 4.69) is 31.2 Å². The van der Waals surface area contributed by atoms with Crippen LogP contribution in [0.15, 0.2) is 54.1 Å². The van der Waals surface area contributed by atoms with Crippen LogP contribution in [0.1, 0.15) is 76.1 Å². The van der Waals surface area contributed by atoms with Gasteiger partial charge in [-0.2, -0.15) is 0 Å².